The lowest BCUT2D eigenvalue weighted by Gasteiger charge is -2.21. The van der Waals surface area contributed by atoms with E-state index in [-0.39, 0.29) is 23.0 Å². The van der Waals surface area contributed by atoms with Crippen LogP contribution in [0.3, 0.4) is 0 Å². The highest BCUT2D eigenvalue weighted by atomic mass is 16.5. The van der Waals surface area contributed by atoms with Crippen LogP contribution in [0.25, 0.3) is 6.08 Å². The van der Waals surface area contributed by atoms with Crippen molar-refractivity contribution < 1.29 is 25.1 Å². The highest BCUT2D eigenvalue weighted by Crippen LogP contribution is 2.32. The van der Waals surface area contributed by atoms with Crippen molar-refractivity contribution in [1.29, 1.82) is 5.26 Å². The van der Waals surface area contributed by atoms with E-state index < -0.39 is 0 Å². The second kappa shape index (κ2) is 12.8. The third kappa shape index (κ3) is 7.06. The summed E-state index contributed by atoms with van der Waals surface area (Å²) in [6.07, 6.45) is 2.39. The number of likely N-dealkylation sites (N-methyl/N-ethyl adjacent to an activating group) is 1. The maximum atomic E-state index is 12.7. The number of carbonyl (C=O) groups excluding carboxylic acids is 1. The van der Waals surface area contributed by atoms with Crippen molar-refractivity contribution in [3.8, 4) is 17.6 Å². The average Bonchev–Trinajstić information content (AvgIpc) is 3.26. The molecular weight excluding hydrogens is 372 g/mol. The SMILES string of the molecule is CC.CCN(CCNC1CCOC1)C(=O)/C(C#N)=C/c1cc(O)c(O)c([NH2+]C)c1. The molecule has 0 aromatic heterocycles. The lowest BCUT2D eigenvalue weighted by molar-refractivity contribution is -0.540. The average molecular weight is 406 g/mol. The molecule has 1 heterocycles. The van der Waals surface area contributed by atoms with Crippen LogP contribution >= 0.6 is 0 Å². The zero-order valence-corrected chi connectivity index (χ0v) is 17.7. The van der Waals surface area contributed by atoms with Gasteiger partial charge >= 0.3 is 0 Å². The van der Waals surface area contributed by atoms with Crippen LogP contribution in [0, 0.1) is 11.3 Å². The first-order valence-corrected chi connectivity index (χ1v) is 10.1. The topological polar surface area (TPSA) is 122 Å². The van der Waals surface area contributed by atoms with Crippen LogP contribution in [0.1, 0.15) is 32.8 Å². The predicted molar refractivity (Wildman–Crippen MR) is 112 cm³/mol. The van der Waals surface area contributed by atoms with Crippen LogP contribution in [-0.4, -0.2) is 67.0 Å². The molecule has 1 saturated heterocycles. The molecule has 29 heavy (non-hydrogen) atoms. The largest absolute Gasteiger partial charge is 0.504 e. The summed E-state index contributed by atoms with van der Waals surface area (Å²) >= 11 is 0. The number of hydrogen-bond donors (Lipinski definition) is 4. The van der Waals surface area contributed by atoms with Crippen molar-refractivity contribution in [3.63, 3.8) is 0 Å². The normalized spacial score (nSPS) is 16.0. The maximum absolute atomic E-state index is 12.7. The zero-order valence-electron chi connectivity index (χ0n) is 17.7. The van der Waals surface area contributed by atoms with E-state index in [2.05, 4.69) is 5.32 Å². The van der Waals surface area contributed by atoms with Gasteiger partial charge in [0, 0.05) is 38.3 Å². The van der Waals surface area contributed by atoms with Crippen molar-refractivity contribution in [2.24, 2.45) is 0 Å². The molecule has 1 fully saturated rings. The van der Waals surface area contributed by atoms with Gasteiger partial charge in [-0.3, -0.25) is 4.79 Å². The number of hydrogen-bond acceptors (Lipinski definition) is 6. The van der Waals surface area contributed by atoms with Gasteiger partial charge in [0.1, 0.15) is 11.6 Å². The van der Waals surface area contributed by atoms with Gasteiger partial charge in [-0.05, 0) is 31.1 Å². The molecule has 1 aromatic rings. The number of amides is 1. The van der Waals surface area contributed by atoms with E-state index in [0.29, 0.717) is 43.5 Å². The number of nitrogens with zero attached hydrogens (tertiary/aromatic N) is 2. The van der Waals surface area contributed by atoms with Crippen LogP contribution in [0.5, 0.6) is 11.5 Å². The summed E-state index contributed by atoms with van der Waals surface area (Å²) in [7, 11) is 1.72. The molecule has 0 saturated carbocycles. The lowest BCUT2D eigenvalue weighted by Crippen LogP contribution is -2.72. The molecule has 8 heteroatoms. The summed E-state index contributed by atoms with van der Waals surface area (Å²) in [6, 6.07) is 5.19. The molecule has 0 bridgehead atoms. The number of nitrogens with two attached hydrogens (primary N) is 1. The van der Waals surface area contributed by atoms with E-state index in [1.54, 1.807) is 23.3 Å². The first kappa shape index (κ1) is 24.4. The summed E-state index contributed by atoms with van der Waals surface area (Å²) in [5.74, 6) is -0.882. The Bertz CT molecular complexity index is 737. The standard InChI is InChI=1S/C19H26N4O4.C2H6/c1-3-23(6-5-22-15-4-7-27-12-15)19(26)14(11-20)8-13-9-16(21-2)18(25)17(24)10-13;1-2/h8-10,15,21-22,24-25H,3-7,12H2,1-2H3;1-2H3/p+1/b14-8+;. The minimum Gasteiger partial charge on any atom is -0.504 e. The van der Waals surface area contributed by atoms with Gasteiger partial charge < -0.3 is 30.5 Å². The Kier molecular flexibility index (Phi) is 10.8. The zero-order chi connectivity index (χ0) is 21.8. The van der Waals surface area contributed by atoms with Gasteiger partial charge in [0.25, 0.3) is 5.91 Å². The minimum atomic E-state index is -0.362. The van der Waals surface area contributed by atoms with Crippen LogP contribution in [0.2, 0.25) is 0 Å². The molecule has 0 spiro atoms. The van der Waals surface area contributed by atoms with Gasteiger partial charge in [0.2, 0.25) is 5.75 Å². The van der Waals surface area contributed by atoms with Gasteiger partial charge in [0.05, 0.1) is 13.7 Å². The fourth-order valence-corrected chi connectivity index (χ4v) is 2.95. The molecule has 0 radical (unpaired) electrons. The number of carbonyl (C=O) groups is 1. The summed E-state index contributed by atoms with van der Waals surface area (Å²) in [5.41, 5.74) is 0.884. The Morgan fingerprint density at radius 2 is 2.17 bits per heavy atom. The predicted octanol–water partition coefficient (Wildman–Crippen LogP) is 1.08. The van der Waals surface area contributed by atoms with Crippen molar-refractivity contribution in [1.82, 2.24) is 10.2 Å². The number of phenolic OH excluding ortho intramolecular Hbond substituents is 2. The number of nitriles is 1. The highest BCUT2D eigenvalue weighted by molar-refractivity contribution is 6.01. The second-order valence-corrected chi connectivity index (χ2v) is 6.34. The first-order valence-electron chi connectivity index (χ1n) is 10.1. The Morgan fingerprint density at radius 3 is 2.72 bits per heavy atom. The van der Waals surface area contributed by atoms with Crippen LogP contribution in [0.4, 0.5) is 5.69 Å². The fraction of sp³-hybridized carbons (Fsp3) is 0.524. The third-order valence-electron chi connectivity index (χ3n) is 4.53. The molecule has 8 nitrogen and oxygen atoms in total. The molecule has 1 atom stereocenters. The first-order chi connectivity index (χ1) is 14.0. The van der Waals surface area contributed by atoms with E-state index >= 15 is 0 Å². The van der Waals surface area contributed by atoms with E-state index in [9.17, 15) is 20.3 Å². The monoisotopic (exact) mass is 405 g/mol. The van der Waals surface area contributed by atoms with Crippen molar-refractivity contribution in [2.75, 3.05) is 39.9 Å². The molecule has 1 aromatic carbocycles. The number of quaternary nitrogens is 1. The van der Waals surface area contributed by atoms with Crippen LogP contribution in [-0.2, 0) is 9.53 Å². The Labute approximate surface area is 172 Å². The molecule has 1 aliphatic heterocycles. The van der Waals surface area contributed by atoms with Crippen molar-refractivity contribution in [2.45, 2.75) is 33.2 Å². The quantitative estimate of drug-likeness (QED) is 0.222. The van der Waals surface area contributed by atoms with Gasteiger partial charge in [-0.25, -0.2) is 0 Å². The molecule has 2 rings (SSSR count). The number of rotatable bonds is 8. The summed E-state index contributed by atoms with van der Waals surface area (Å²) in [4.78, 5) is 14.3. The van der Waals surface area contributed by atoms with Gasteiger partial charge in [-0.1, -0.05) is 13.8 Å². The van der Waals surface area contributed by atoms with Crippen LogP contribution < -0.4 is 10.6 Å². The molecular formula is C21H33N4O4+. The Balaban J connectivity index is 0.00000204. The molecule has 5 N–H and O–H groups in total. The molecule has 160 valence electrons. The summed E-state index contributed by atoms with van der Waals surface area (Å²) in [6.45, 7) is 8.90. The molecule has 1 aliphatic rings. The molecule has 1 amide bonds. The number of nitrogens with one attached hydrogen (secondary N) is 1. The van der Waals surface area contributed by atoms with Crippen LogP contribution in [0.15, 0.2) is 17.7 Å². The van der Waals surface area contributed by atoms with Gasteiger partial charge in [-0.2, -0.15) is 5.26 Å². The molecule has 0 aliphatic carbocycles. The van der Waals surface area contributed by atoms with E-state index in [1.807, 2.05) is 26.8 Å². The van der Waals surface area contributed by atoms with E-state index in [1.165, 1.54) is 12.1 Å². The Hall–Kier alpha value is -2.60. The number of ether oxygens (including phenoxy) is 1. The lowest BCUT2D eigenvalue weighted by atomic mass is 10.1. The van der Waals surface area contributed by atoms with Gasteiger partial charge in [-0.15, -0.1) is 0 Å². The second-order valence-electron chi connectivity index (χ2n) is 6.34. The Morgan fingerprint density at radius 1 is 1.45 bits per heavy atom. The summed E-state index contributed by atoms with van der Waals surface area (Å²) in [5, 5.41) is 34.0. The molecule has 1 unspecified atom stereocenters. The van der Waals surface area contributed by atoms with Crippen molar-refractivity contribution in [3.05, 3.63) is 23.3 Å². The van der Waals surface area contributed by atoms with Gasteiger partial charge in [0.15, 0.2) is 11.4 Å². The number of benzene rings is 1. The number of aromatic hydroxyl groups is 2. The van der Waals surface area contributed by atoms with E-state index in [0.717, 1.165) is 13.0 Å². The fourth-order valence-electron chi connectivity index (χ4n) is 2.95. The smallest absolute Gasteiger partial charge is 0.264 e. The number of phenols is 2. The summed E-state index contributed by atoms with van der Waals surface area (Å²) < 4.78 is 5.31. The third-order valence-corrected chi connectivity index (χ3v) is 4.53. The van der Waals surface area contributed by atoms with E-state index in [4.69, 9.17) is 4.74 Å². The highest BCUT2D eigenvalue weighted by Gasteiger charge is 2.19. The maximum Gasteiger partial charge on any atom is 0.264 e. The van der Waals surface area contributed by atoms with Crippen molar-refractivity contribution >= 4 is 17.7 Å². The minimum absolute atomic E-state index is 0.0202.